The summed E-state index contributed by atoms with van der Waals surface area (Å²) in [5.74, 6) is 1.02. The minimum Gasteiger partial charge on any atom is -0.335 e. The second kappa shape index (κ2) is 7.81. The van der Waals surface area contributed by atoms with E-state index in [9.17, 15) is 4.79 Å². The lowest BCUT2D eigenvalue weighted by Crippen LogP contribution is -2.39. The zero-order chi connectivity index (χ0) is 20.7. The predicted octanol–water partition coefficient (Wildman–Crippen LogP) is 4.86. The second-order valence-corrected chi connectivity index (χ2v) is 8.98. The van der Waals surface area contributed by atoms with Crippen molar-refractivity contribution in [3.05, 3.63) is 70.2 Å². The number of piperidine rings is 1. The number of amides is 1. The van der Waals surface area contributed by atoms with Gasteiger partial charge in [-0.15, -0.1) is 16.4 Å². The molecule has 0 aliphatic carbocycles. The number of likely N-dealkylation sites (tertiary alicyclic amines) is 1. The number of aryl methyl sites for hydroxylation is 1. The molecule has 0 spiro atoms. The van der Waals surface area contributed by atoms with Crippen LogP contribution in [0.5, 0.6) is 0 Å². The number of carbonyl (C=O) groups excluding carboxylic acids is 1. The molecule has 0 bridgehead atoms. The Morgan fingerprint density at radius 3 is 2.73 bits per heavy atom. The van der Waals surface area contributed by atoms with Crippen molar-refractivity contribution in [2.45, 2.75) is 25.7 Å². The van der Waals surface area contributed by atoms with E-state index in [2.05, 4.69) is 16.1 Å². The van der Waals surface area contributed by atoms with Crippen LogP contribution in [0, 0.1) is 6.92 Å². The zero-order valence-corrected chi connectivity index (χ0v) is 18.0. The number of rotatable bonds is 3. The fourth-order valence-electron chi connectivity index (χ4n) is 3.88. The third-order valence-electron chi connectivity index (χ3n) is 5.40. The van der Waals surface area contributed by atoms with Crippen LogP contribution in [0.4, 0.5) is 0 Å². The molecule has 1 unspecified atom stereocenters. The molecule has 8 heteroatoms. The highest BCUT2D eigenvalue weighted by Gasteiger charge is 2.29. The van der Waals surface area contributed by atoms with Gasteiger partial charge in [-0.1, -0.05) is 23.7 Å². The Kier molecular flexibility index (Phi) is 5.00. The van der Waals surface area contributed by atoms with Gasteiger partial charge < -0.3 is 4.90 Å². The smallest absolute Gasteiger partial charge is 0.293 e. The molecular weight excluding hydrogens is 418 g/mol. The molecule has 30 heavy (non-hydrogen) atoms. The maximum atomic E-state index is 13.1. The molecule has 152 valence electrons. The van der Waals surface area contributed by atoms with Crippen LogP contribution >= 0.6 is 22.9 Å². The molecule has 3 heterocycles. The van der Waals surface area contributed by atoms with Gasteiger partial charge in [-0.05, 0) is 56.2 Å². The second-order valence-electron chi connectivity index (χ2n) is 7.48. The first-order valence-electron chi connectivity index (χ1n) is 9.93. The van der Waals surface area contributed by atoms with E-state index in [1.807, 2.05) is 42.2 Å². The molecule has 2 aromatic carbocycles. The van der Waals surface area contributed by atoms with E-state index in [0.29, 0.717) is 17.4 Å². The van der Waals surface area contributed by atoms with Gasteiger partial charge in [0.2, 0.25) is 5.82 Å². The van der Waals surface area contributed by atoms with Crippen molar-refractivity contribution in [2.24, 2.45) is 0 Å². The quantitative estimate of drug-likeness (QED) is 0.459. The van der Waals surface area contributed by atoms with Crippen molar-refractivity contribution in [1.82, 2.24) is 24.6 Å². The van der Waals surface area contributed by atoms with Crippen LogP contribution in [0.2, 0.25) is 5.02 Å². The van der Waals surface area contributed by atoms with Gasteiger partial charge in [0.25, 0.3) is 5.91 Å². The number of hydrogen-bond donors (Lipinski definition) is 0. The first-order valence-corrected chi connectivity index (χ1v) is 11.1. The molecule has 2 aromatic heterocycles. The number of fused-ring (bicyclic) bond motifs is 1. The molecule has 0 radical (unpaired) electrons. The van der Waals surface area contributed by atoms with Gasteiger partial charge in [0.1, 0.15) is 5.82 Å². The Balaban J connectivity index is 1.37. The summed E-state index contributed by atoms with van der Waals surface area (Å²) < 4.78 is 2.87. The van der Waals surface area contributed by atoms with Gasteiger partial charge in [-0.2, -0.15) is 0 Å². The van der Waals surface area contributed by atoms with E-state index in [0.717, 1.165) is 35.6 Å². The summed E-state index contributed by atoms with van der Waals surface area (Å²) in [6, 6.07) is 15.5. The number of aromatic nitrogens is 4. The summed E-state index contributed by atoms with van der Waals surface area (Å²) in [4.78, 5) is 24.2. The fourth-order valence-corrected chi connectivity index (χ4v) is 5.10. The van der Waals surface area contributed by atoms with Crippen molar-refractivity contribution < 1.29 is 4.79 Å². The first kappa shape index (κ1) is 19.2. The molecule has 1 aliphatic rings. The Morgan fingerprint density at radius 1 is 1.13 bits per heavy atom. The Hall–Kier alpha value is -2.77. The van der Waals surface area contributed by atoms with Gasteiger partial charge in [0.05, 0.1) is 20.9 Å². The summed E-state index contributed by atoms with van der Waals surface area (Å²) in [6.45, 7) is 3.21. The number of carbonyl (C=O) groups is 1. The summed E-state index contributed by atoms with van der Waals surface area (Å²) in [6.07, 6.45) is 1.98. The van der Waals surface area contributed by atoms with E-state index < -0.39 is 0 Å². The topological polar surface area (TPSA) is 63.9 Å². The van der Waals surface area contributed by atoms with Crippen molar-refractivity contribution in [3.8, 4) is 5.69 Å². The summed E-state index contributed by atoms with van der Waals surface area (Å²) in [7, 11) is 0. The third kappa shape index (κ3) is 3.59. The van der Waals surface area contributed by atoms with Crippen LogP contribution in [-0.2, 0) is 0 Å². The van der Waals surface area contributed by atoms with E-state index in [-0.39, 0.29) is 17.6 Å². The summed E-state index contributed by atoms with van der Waals surface area (Å²) in [5, 5.41) is 6.23. The first-order chi connectivity index (χ1) is 14.6. The molecule has 5 rings (SSSR count). The normalized spacial score (nSPS) is 16.9. The molecule has 1 amide bonds. The lowest BCUT2D eigenvalue weighted by Gasteiger charge is -2.31. The van der Waals surface area contributed by atoms with Gasteiger partial charge in [0.15, 0.2) is 0 Å². The number of thiazole rings is 1. The molecular formula is C22H20ClN5OS. The van der Waals surface area contributed by atoms with Gasteiger partial charge >= 0.3 is 0 Å². The molecule has 0 saturated carbocycles. The molecule has 4 aromatic rings. The maximum absolute atomic E-state index is 13.1. The van der Waals surface area contributed by atoms with E-state index >= 15 is 0 Å². The van der Waals surface area contributed by atoms with Gasteiger partial charge in [-0.3, -0.25) is 4.79 Å². The Morgan fingerprint density at radius 2 is 1.93 bits per heavy atom. The zero-order valence-electron chi connectivity index (χ0n) is 16.5. The standard InChI is InChI=1S/C22H20ClN5OS/c1-14-24-20(26-28(14)17-10-8-16(23)9-11-17)22(29)27-12-4-5-15(13-27)21-25-18-6-2-3-7-19(18)30-21/h2-3,6-11,15H,4-5,12-13H2,1H3. The average Bonchev–Trinajstić information content (AvgIpc) is 3.38. The largest absolute Gasteiger partial charge is 0.335 e. The van der Waals surface area contributed by atoms with Gasteiger partial charge in [0, 0.05) is 24.0 Å². The van der Waals surface area contributed by atoms with Gasteiger partial charge in [-0.25, -0.2) is 14.6 Å². The van der Waals surface area contributed by atoms with Crippen LogP contribution in [0.25, 0.3) is 15.9 Å². The van der Waals surface area contributed by atoms with Crippen LogP contribution in [0.1, 0.15) is 40.2 Å². The van der Waals surface area contributed by atoms with E-state index in [1.54, 1.807) is 28.2 Å². The molecule has 1 fully saturated rings. The number of hydrogen-bond acceptors (Lipinski definition) is 5. The summed E-state index contributed by atoms with van der Waals surface area (Å²) in [5.41, 5.74) is 1.86. The SMILES string of the molecule is Cc1nc(C(=O)N2CCCC(c3nc4ccccc4s3)C2)nn1-c1ccc(Cl)cc1. The van der Waals surface area contributed by atoms with Crippen LogP contribution in [-0.4, -0.2) is 43.6 Å². The predicted molar refractivity (Wildman–Crippen MR) is 119 cm³/mol. The van der Waals surface area contributed by atoms with Crippen LogP contribution in [0.3, 0.4) is 0 Å². The van der Waals surface area contributed by atoms with Crippen molar-refractivity contribution >= 4 is 39.1 Å². The highest BCUT2D eigenvalue weighted by molar-refractivity contribution is 7.18. The molecule has 1 atom stereocenters. The molecule has 0 N–H and O–H groups in total. The lowest BCUT2D eigenvalue weighted by atomic mass is 9.98. The van der Waals surface area contributed by atoms with E-state index in [4.69, 9.17) is 16.6 Å². The Bertz CT molecular complexity index is 1180. The van der Waals surface area contributed by atoms with E-state index in [1.165, 1.54) is 4.70 Å². The summed E-state index contributed by atoms with van der Waals surface area (Å²) >= 11 is 7.70. The maximum Gasteiger partial charge on any atom is 0.293 e. The van der Waals surface area contributed by atoms with Crippen molar-refractivity contribution in [2.75, 3.05) is 13.1 Å². The average molecular weight is 438 g/mol. The van der Waals surface area contributed by atoms with Crippen molar-refractivity contribution in [3.63, 3.8) is 0 Å². The minimum absolute atomic E-state index is 0.128. The van der Waals surface area contributed by atoms with Crippen LogP contribution < -0.4 is 0 Å². The number of nitrogens with zero attached hydrogens (tertiary/aromatic N) is 5. The molecule has 1 aliphatic heterocycles. The molecule has 1 saturated heterocycles. The van der Waals surface area contributed by atoms with Crippen LogP contribution in [0.15, 0.2) is 48.5 Å². The lowest BCUT2D eigenvalue weighted by molar-refractivity contribution is 0.0694. The fraction of sp³-hybridized carbons (Fsp3) is 0.273. The number of para-hydroxylation sites is 1. The minimum atomic E-state index is -0.128. The Labute approximate surface area is 183 Å². The van der Waals surface area contributed by atoms with Crippen molar-refractivity contribution in [1.29, 1.82) is 0 Å². The number of benzene rings is 2. The highest BCUT2D eigenvalue weighted by atomic mass is 35.5. The highest BCUT2D eigenvalue weighted by Crippen LogP contribution is 2.33. The monoisotopic (exact) mass is 437 g/mol. The number of halogens is 1. The third-order valence-corrected chi connectivity index (χ3v) is 6.85. The molecule has 6 nitrogen and oxygen atoms in total.